The maximum Gasteiger partial charge on any atom is 0.317 e. The van der Waals surface area contributed by atoms with Crippen molar-refractivity contribution in [3.05, 3.63) is 0 Å². The summed E-state index contributed by atoms with van der Waals surface area (Å²) < 4.78 is 6.27. The van der Waals surface area contributed by atoms with Crippen molar-refractivity contribution < 1.29 is 19.4 Å². The summed E-state index contributed by atoms with van der Waals surface area (Å²) in [5.41, 5.74) is -0.656. The van der Waals surface area contributed by atoms with Crippen molar-refractivity contribution in [2.24, 2.45) is 11.3 Å². The molecule has 2 amide bonds. The number of hydrogen-bond acceptors (Lipinski definition) is 3. The van der Waals surface area contributed by atoms with Gasteiger partial charge in [0.1, 0.15) is 0 Å². The van der Waals surface area contributed by atoms with E-state index in [1.807, 2.05) is 18.7 Å². The number of ether oxygens (including phenoxy) is 1. The van der Waals surface area contributed by atoms with Crippen molar-refractivity contribution in [3.8, 4) is 0 Å². The molecule has 0 heterocycles. The van der Waals surface area contributed by atoms with Crippen LogP contribution in [-0.2, 0) is 9.53 Å². The molecule has 2 aliphatic carbocycles. The summed E-state index contributed by atoms with van der Waals surface area (Å²) >= 11 is 0. The van der Waals surface area contributed by atoms with E-state index in [2.05, 4.69) is 12.2 Å². The Morgan fingerprint density at radius 2 is 1.71 bits per heavy atom. The Morgan fingerprint density at radius 3 is 2.41 bits per heavy atom. The lowest BCUT2D eigenvalue weighted by molar-refractivity contribution is -0.147. The summed E-state index contributed by atoms with van der Waals surface area (Å²) in [6.07, 6.45) is 18.2. The minimum absolute atomic E-state index is 0.0865. The van der Waals surface area contributed by atoms with E-state index in [0.717, 1.165) is 51.5 Å². The van der Waals surface area contributed by atoms with Crippen LogP contribution < -0.4 is 5.32 Å². The third kappa shape index (κ3) is 11.0. The van der Waals surface area contributed by atoms with E-state index < -0.39 is 11.4 Å². The molecule has 34 heavy (non-hydrogen) atoms. The van der Waals surface area contributed by atoms with Gasteiger partial charge in [0.15, 0.2) is 0 Å². The Bertz CT molecular complexity index is 589. The van der Waals surface area contributed by atoms with Gasteiger partial charge in [-0.15, -0.1) is 0 Å². The summed E-state index contributed by atoms with van der Waals surface area (Å²) in [5.74, 6) is -0.168. The van der Waals surface area contributed by atoms with Gasteiger partial charge in [0.05, 0.1) is 18.1 Å². The predicted octanol–water partition coefficient (Wildman–Crippen LogP) is 6.77. The van der Waals surface area contributed by atoms with Crippen molar-refractivity contribution in [1.29, 1.82) is 0 Å². The minimum Gasteiger partial charge on any atom is -0.481 e. The van der Waals surface area contributed by atoms with Crippen LogP contribution in [0.25, 0.3) is 0 Å². The SMILES string of the molecule is CCCCCCCN(CCOC1CCCC(CCC(C)(C)C(=O)O)C1)C(=O)NC1CCCCC1. The highest BCUT2D eigenvalue weighted by atomic mass is 16.5. The van der Waals surface area contributed by atoms with Crippen LogP contribution in [0.3, 0.4) is 0 Å². The first-order chi connectivity index (χ1) is 16.3. The summed E-state index contributed by atoms with van der Waals surface area (Å²) in [6.45, 7) is 7.92. The van der Waals surface area contributed by atoms with Crippen LogP contribution in [0.1, 0.15) is 124 Å². The molecule has 6 nitrogen and oxygen atoms in total. The normalized spacial score (nSPS) is 21.9. The molecular formula is C28H52N2O4. The molecular weight excluding hydrogens is 428 g/mol. The molecule has 6 heteroatoms. The zero-order chi connectivity index (χ0) is 24.8. The fraction of sp³-hybridized carbons (Fsp3) is 0.929. The number of carbonyl (C=O) groups excluding carboxylic acids is 1. The molecule has 0 bridgehead atoms. The molecule has 2 N–H and O–H groups in total. The molecule has 0 aromatic heterocycles. The number of carboxylic acids is 1. The Hall–Kier alpha value is -1.30. The number of amides is 2. The van der Waals surface area contributed by atoms with Crippen LogP contribution in [0.5, 0.6) is 0 Å². The number of aliphatic carboxylic acids is 1. The van der Waals surface area contributed by atoms with Crippen molar-refractivity contribution in [2.45, 2.75) is 136 Å². The Morgan fingerprint density at radius 1 is 0.971 bits per heavy atom. The topological polar surface area (TPSA) is 78.9 Å². The van der Waals surface area contributed by atoms with Gasteiger partial charge >= 0.3 is 12.0 Å². The van der Waals surface area contributed by atoms with Crippen LogP contribution in [0.15, 0.2) is 0 Å². The standard InChI is InChI=1S/C28H52N2O4/c1-4-5-6-7-11-19-30(27(33)29-24-14-9-8-10-15-24)20-21-34-25-16-12-13-23(22-25)17-18-28(2,3)26(31)32/h23-25H,4-22H2,1-3H3,(H,29,33)(H,31,32). The molecule has 2 fully saturated rings. The van der Waals surface area contributed by atoms with E-state index in [0.29, 0.717) is 31.5 Å². The molecule has 0 radical (unpaired) electrons. The number of nitrogens with zero attached hydrogens (tertiary/aromatic N) is 1. The van der Waals surface area contributed by atoms with Crippen molar-refractivity contribution in [2.75, 3.05) is 19.7 Å². The van der Waals surface area contributed by atoms with E-state index in [-0.39, 0.29) is 12.1 Å². The van der Waals surface area contributed by atoms with Gasteiger partial charge in [-0.1, -0.05) is 64.7 Å². The van der Waals surface area contributed by atoms with Gasteiger partial charge in [0, 0.05) is 19.1 Å². The van der Waals surface area contributed by atoms with Gasteiger partial charge in [0.25, 0.3) is 0 Å². The van der Waals surface area contributed by atoms with E-state index in [9.17, 15) is 14.7 Å². The highest BCUT2D eigenvalue weighted by molar-refractivity contribution is 5.74. The quantitative estimate of drug-likeness (QED) is 0.254. The first-order valence-electron chi connectivity index (χ1n) is 14.2. The largest absolute Gasteiger partial charge is 0.481 e. The van der Waals surface area contributed by atoms with E-state index in [1.54, 1.807) is 0 Å². The zero-order valence-corrected chi connectivity index (χ0v) is 22.3. The van der Waals surface area contributed by atoms with E-state index in [4.69, 9.17) is 4.74 Å². The molecule has 0 spiro atoms. The lowest BCUT2D eigenvalue weighted by Gasteiger charge is -2.32. The summed E-state index contributed by atoms with van der Waals surface area (Å²) in [5, 5.41) is 12.7. The van der Waals surface area contributed by atoms with E-state index in [1.165, 1.54) is 51.4 Å². The molecule has 2 rings (SSSR count). The second-order valence-corrected chi connectivity index (χ2v) is 11.4. The second kappa shape index (κ2) is 15.6. The zero-order valence-electron chi connectivity index (χ0n) is 22.3. The average molecular weight is 481 g/mol. The number of nitrogens with one attached hydrogen (secondary N) is 1. The summed E-state index contributed by atoms with van der Waals surface area (Å²) in [7, 11) is 0. The molecule has 2 saturated carbocycles. The maximum atomic E-state index is 13.0. The molecule has 2 unspecified atom stereocenters. The number of hydrogen-bond donors (Lipinski definition) is 2. The Kier molecular flexibility index (Phi) is 13.3. The van der Waals surface area contributed by atoms with Crippen LogP contribution >= 0.6 is 0 Å². The van der Waals surface area contributed by atoms with Crippen LogP contribution in [0, 0.1) is 11.3 Å². The lowest BCUT2D eigenvalue weighted by Crippen LogP contribution is -2.47. The van der Waals surface area contributed by atoms with Crippen LogP contribution in [0.2, 0.25) is 0 Å². The summed E-state index contributed by atoms with van der Waals surface area (Å²) in [4.78, 5) is 26.4. The fourth-order valence-electron chi connectivity index (χ4n) is 5.39. The molecule has 198 valence electrons. The highest BCUT2D eigenvalue weighted by Crippen LogP contribution is 2.33. The first-order valence-corrected chi connectivity index (χ1v) is 14.2. The number of rotatable bonds is 15. The molecule has 0 saturated heterocycles. The number of carboxylic acid groups (broad SMARTS) is 1. The van der Waals surface area contributed by atoms with Crippen molar-refractivity contribution in [3.63, 3.8) is 0 Å². The number of urea groups is 1. The van der Waals surface area contributed by atoms with E-state index >= 15 is 0 Å². The fourth-order valence-corrected chi connectivity index (χ4v) is 5.39. The number of carbonyl (C=O) groups is 2. The third-order valence-corrected chi connectivity index (χ3v) is 7.96. The Balaban J connectivity index is 1.76. The Labute approximate surface area is 208 Å². The van der Waals surface area contributed by atoms with Gasteiger partial charge in [-0.25, -0.2) is 4.79 Å². The molecule has 2 atom stereocenters. The van der Waals surface area contributed by atoms with Crippen molar-refractivity contribution in [1.82, 2.24) is 10.2 Å². The average Bonchev–Trinajstić information content (AvgIpc) is 2.82. The molecule has 0 aromatic rings. The smallest absolute Gasteiger partial charge is 0.317 e. The lowest BCUT2D eigenvalue weighted by atomic mass is 9.79. The second-order valence-electron chi connectivity index (χ2n) is 11.4. The van der Waals surface area contributed by atoms with Crippen LogP contribution in [-0.4, -0.2) is 53.8 Å². The van der Waals surface area contributed by atoms with Gasteiger partial charge in [-0.3, -0.25) is 4.79 Å². The summed E-state index contributed by atoms with van der Waals surface area (Å²) in [6, 6.07) is 0.419. The predicted molar refractivity (Wildman–Crippen MR) is 138 cm³/mol. The van der Waals surface area contributed by atoms with Crippen LogP contribution in [0.4, 0.5) is 4.79 Å². The molecule has 0 aliphatic heterocycles. The maximum absolute atomic E-state index is 13.0. The van der Waals surface area contributed by atoms with Crippen molar-refractivity contribution >= 4 is 12.0 Å². The third-order valence-electron chi connectivity index (χ3n) is 7.96. The van der Waals surface area contributed by atoms with Gasteiger partial charge in [-0.2, -0.15) is 0 Å². The number of unbranched alkanes of at least 4 members (excludes halogenated alkanes) is 4. The molecule has 0 aromatic carbocycles. The molecule has 2 aliphatic rings. The first kappa shape index (κ1) is 28.9. The van der Waals surface area contributed by atoms with Gasteiger partial charge in [0.2, 0.25) is 0 Å². The monoisotopic (exact) mass is 480 g/mol. The van der Waals surface area contributed by atoms with Gasteiger partial charge < -0.3 is 20.1 Å². The minimum atomic E-state index is -0.711. The highest BCUT2D eigenvalue weighted by Gasteiger charge is 2.30. The van der Waals surface area contributed by atoms with Gasteiger partial charge in [-0.05, 0) is 64.7 Å².